The second kappa shape index (κ2) is 7.81. The molecule has 2 unspecified atom stereocenters. The Morgan fingerprint density at radius 2 is 1.75 bits per heavy atom. The molecule has 170 valence electrons. The normalized spacial score (nSPS) is 26.1. The molecule has 1 N–H and O–H groups in total. The number of likely N-dealkylation sites (N-methyl/N-ethyl adjacent to an activating group) is 1. The Hall–Kier alpha value is -3.07. The monoisotopic (exact) mass is 443 g/mol. The number of ketones is 1. The molecule has 3 aliphatic rings. The quantitative estimate of drug-likeness (QED) is 0.536. The summed E-state index contributed by atoms with van der Waals surface area (Å²) in [5.41, 5.74) is 0.372. The number of aliphatic hydroxyl groups is 1. The van der Waals surface area contributed by atoms with Crippen molar-refractivity contribution in [2.75, 3.05) is 26.7 Å². The van der Waals surface area contributed by atoms with Crippen molar-refractivity contribution in [2.24, 2.45) is 11.3 Å². The Morgan fingerprint density at radius 3 is 2.41 bits per heavy atom. The van der Waals surface area contributed by atoms with Crippen molar-refractivity contribution in [2.45, 2.75) is 32.9 Å². The zero-order valence-corrected chi connectivity index (χ0v) is 18.3. The Morgan fingerprint density at radius 1 is 1.09 bits per heavy atom. The summed E-state index contributed by atoms with van der Waals surface area (Å²) in [6.07, 6.45) is -0.617. The maximum atomic E-state index is 13.2. The Balaban J connectivity index is 1.72. The number of benzene rings is 1. The molecule has 0 aliphatic carbocycles. The first-order valence-electron chi connectivity index (χ1n) is 10.6. The molecule has 0 spiro atoms. The first-order chi connectivity index (χ1) is 15.0. The van der Waals surface area contributed by atoms with Crippen LogP contribution in [0.1, 0.15) is 25.8 Å². The molecule has 2 saturated heterocycles. The highest BCUT2D eigenvalue weighted by Crippen LogP contribution is 2.38. The van der Waals surface area contributed by atoms with Gasteiger partial charge in [0, 0.05) is 38.6 Å². The third-order valence-corrected chi connectivity index (χ3v) is 6.60. The molecule has 0 radical (unpaired) electrons. The average molecular weight is 443 g/mol. The number of aliphatic hydroxyl groups excluding tert-OH is 1. The zero-order chi connectivity index (χ0) is 23.4. The van der Waals surface area contributed by atoms with Gasteiger partial charge in [-0.25, -0.2) is 4.39 Å². The predicted molar refractivity (Wildman–Crippen MR) is 111 cm³/mol. The molecule has 8 nitrogen and oxygen atoms in total. The number of piperidine rings is 1. The number of carbonyl (C=O) groups excluding carboxylic acids is 4. The molecule has 3 aliphatic heterocycles. The second-order valence-electron chi connectivity index (χ2n) is 9.39. The van der Waals surface area contributed by atoms with Crippen LogP contribution in [0.2, 0.25) is 0 Å². The minimum atomic E-state index is -1.33. The molecular formula is C23H26FN3O5. The highest BCUT2D eigenvalue weighted by atomic mass is 19.1. The summed E-state index contributed by atoms with van der Waals surface area (Å²) in [6.45, 7) is 4.05. The smallest absolute Gasteiger partial charge is 0.295 e. The number of likely N-dealkylation sites (tertiary alicyclic amines) is 1. The minimum absolute atomic E-state index is 0.00262. The van der Waals surface area contributed by atoms with E-state index in [-0.39, 0.29) is 44.1 Å². The van der Waals surface area contributed by atoms with Crippen molar-refractivity contribution in [1.82, 2.24) is 14.7 Å². The van der Waals surface area contributed by atoms with E-state index in [0.29, 0.717) is 11.1 Å². The van der Waals surface area contributed by atoms with Crippen LogP contribution in [0, 0.1) is 17.2 Å². The maximum absolute atomic E-state index is 13.2. The number of nitrogens with zero attached hydrogens (tertiary/aromatic N) is 3. The third-order valence-electron chi connectivity index (χ3n) is 6.60. The first-order valence-corrected chi connectivity index (χ1v) is 10.6. The number of carbonyl (C=O) groups is 4. The summed E-state index contributed by atoms with van der Waals surface area (Å²) in [6, 6.07) is 5.72. The topological polar surface area (TPSA) is 98.2 Å². The predicted octanol–water partition coefficient (Wildman–Crippen LogP) is 0.699. The van der Waals surface area contributed by atoms with Gasteiger partial charge in [0.15, 0.2) is 0 Å². The van der Waals surface area contributed by atoms with E-state index < -0.39 is 40.9 Å². The van der Waals surface area contributed by atoms with E-state index in [1.165, 1.54) is 29.0 Å². The van der Waals surface area contributed by atoms with Gasteiger partial charge in [0.25, 0.3) is 11.8 Å². The highest BCUT2D eigenvalue weighted by molar-refractivity contribution is 6.43. The average Bonchev–Trinajstić information content (AvgIpc) is 2.74. The number of β-amino-alcohol motifs (C(OH)–C–C–N with tert-alkyl or cyclic N) is 1. The molecule has 9 heteroatoms. The van der Waals surface area contributed by atoms with Crippen LogP contribution in [0.5, 0.6) is 0 Å². The molecule has 3 heterocycles. The number of Topliss-reactive ketones (excluding diaryl/α,β-unsaturated/α-hetero) is 1. The number of halogens is 1. The molecule has 2 atom stereocenters. The van der Waals surface area contributed by atoms with Crippen LogP contribution in [-0.2, 0) is 25.7 Å². The lowest BCUT2D eigenvalue weighted by Crippen LogP contribution is -2.60. The standard InChI is InChI=1S/C23H26FN3O5/c1-23(2)12-27-18(21(31)25(3)11-16(23)28)15-8-9-26(10-13-4-6-14(24)7-5-13)20(30)17(15)19(29)22(27)32/h4-7,16-17,28H,8-12H2,1-3H3. The lowest BCUT2D eigenvalue weighted by atomic mass is 9.78. The van der Waals surface area contributed by atoms with Gasteiger partial charge in [-0.1, -0.05) is 26.0 Å². The van der Waals surface area contributed by atoms with Crippen molar-refractivity contribution < 1.29 is 28.7 Å². The van der Waals surface area contributed by atoms with Crippen LogP contribution in [0.25, 0.3) is 0 Å². The lowest BCUT2D eigenvalue weighted by molar-refractivity contribution is -0.156. The van der Waals surface area contributed by atoms with E-state index in [9.17, 15) is 28.7 Å². The van der Waals surface area contributed by atoms with Crippen molar-refractivity contribution in [3.8, 4) is 0 Å². The van der Waals surface area contributed by atoms with Crippen LogP contribution in [-0.4, -0.2) is 76.1 Å². The van der Waals surface area contributed by atoms with E-state index in [0.717, 1.165) is 4.90 Å². The zero-order valence-electron chi connectivity index (χ0n) is 18.3. The maximum Gasteiger partial charge on any atom is 0.295 e. The molecule has 3 amide bonds. The van der Waals surface area contributed by atoms with E-state index in [1.807, 2.05) is 0 Å². The van der Waals surface area contributed by atoms with Gasteiger partial charge < -0.3 is 19.8 Å². The molecule has 2 fully saturated rings. The molecule has 0 saturated carbocycles. The van der Waals surface area contributed by atoms with Crippen LogP contribution in [0.15, 0.2) is 35.5 Å². The lowest BCUT2D eigenvalue weighted by Gasteiger charge is -2.46. The van der Waals surface area contributed by atoms with Gasteiger partial charge in [-0.05, 0) is 29.7 Å². The van der Waals surface area contributed by atoms with Gasteiger partial charge in [-0.2, -0.15) is 0 Å². The number of hydrogen-bond acceptors (Lipinski definition) is 5. The van der Waals surface area contributed by atoms with Crippen LogP contribution >= 0.6 is 0 Å². The highest BCUT2D eigenvalue weighted by Gasteiger charge is 2.52. The van der Waals surface area contributed by atoms with Gasteiger partial charge in [-0.15, -0.1) is 0 Å². The van der Waals surface area contributed by atoms with Crippen LogP contribution in [0.4, 0.5) is 4.39 Å². The van der Waals surface area contributed by atoms with E-state index in [1.54, 1.807) is 26.0 Å². The minimum Gasteiger partial charge on any atom is -0.391 e. The SMILES string of the molecule is CN1CC(O)C(C)(C)CN2C(=O)C(=O)C3C(=O)N(Cc4ccc(F)cc4)CCC3=C2C1=O. The fraction of sp³-hybridized carbons (Fsp3) is 0.478. The van der Waals surface area contributed by atoms with Gasteiger partial charge in [-0.3, -0.25) is 19.2 Å². The molecule has 4 rings (SSSR count). The van der Waals surface area contributed by atoms with Gasteiger partial charge >= 0.3 is 0 Å². The third kappa shape index (κ3) is 3.60. The van der Waals surface area contributed by atoms with E-state index in [4.69, 9.17) is 0 Å². The summed E-state index contributed by atoms with van der Waals surface area (Å²) in [7, 11) is 1.53. The number of fused-ring (bicyclic) bond motifs is 2. The van der Waals surface area contributed by atoms with E-state index in [2.05, 4.69) is 0 Å². The summed E-state index contributed by atoms with van der Waals surface area (Å²) in [5, 5.41) is 10.5. The van der Waals surface area contributed by atoms with E-state index >= 15 is 0 Å². The number of rotatable bonds is 2. The first kappa shape index (κ1) is 22.1. The Bertz CT molecular complexity index is 1030. The largest absolute Gasteiger partial charge is 0.391 e. The fourth-order valence-corrected chi connectivity index (χ4v) is 4.55. The van der Waals surface area contributed by atoms with Crippen molar-refractivity contribution in [3.05, 3.63) is 46.9 Å². The summed E-state index contributed by atoms with van der Waals surface area (Å²) in [4.78, 5) is 56.5. The van der Waals surface area contributed by atoms with Gasteiger partial charge in [0.1, 0.15) is 17.4 Å². The van der Waals surface area contributed by atoms with Crippen molar-refractivity contribution >= 4 is 23.5 Å². The summed E-state index contributed by atoms with van der Waals surface area (Å²) in [5.74, 6) is -4.50. The number of hydrogen-bond donors (Lipinski definition) is 1. The molecule has 1 aromatic rings. The van der Waals surface area contributed by atoms with Gasteiger partial charge in [0.2, 0.25) is 11.7 Å². The van der Waals surface area contributed by atoms with Crippen LogP contribution in [0.3, 0.4) is 0 Å². The van der Waals surface area contributed by atoms with Crippen molar-refractivity contribution in [3.63, 3.8) is 0 Å². The van der Waals surface area contributed by atoms with Crippen LogP contribution < -0.4 is 0 Å². The number of amides is 3. The Labute approximate surface area is 185 Å². The summed E-state index contributed by atoms with van der Waals surface area (Å²) < 4.78 is 13.2. The second-order valence-corrected chi connectivity index (χ2v) is 9.39. The molecule has 0 bridgehead atoms. The molecule has 0 aromatic heterocycles. The van der Waals surface area contributed by atoms with Gasteiger partial charge in [0.05, 0.1) is 6.10 Å². The molecule has 32 heavy (non-hydrogen) atoms. The molecule has 1 aromatic carbocycles. The van der Waals surface area contributed by atoms with Crippen molar-refractivity contribution in [1.29, 1.82) is 0 Å². The Kier molecular flexibility index (Phi) is 5.40. The summed E-state index contributed by atoms with van der Waals surface area (Å²) >= 11 is 0. The molecular weight excluding hydrogens is 417 g/mol. The fourth-order valence-electron chi connectivity index (χ4n) is 4.55.